The third-order valence-electron chi connectivity index (χ3n) is 2.60. The van der Waals surface area contributed by atoms with Crippen LogP contribution in [0.5, 0.6) is 0 Å². The minimum Gasteiger partial charge on any atom is -0.368 e. The van der Waals surface area contributed by atoms with Crippen molar-refractivity contribution in [1.29, 1.82) is 0 Å². The molecule has 1 aliphatic carbocycles. The van der Waals surface area contributed by atoms with Crippen LogP contribution < -0.4 is 0 Å². The fourth-order valence-corrected chi connectivity index (χ4v) is 1.97. The van der Waals surface area contributed by atoms with Crippen LogP contribution in [0.15, 0.2) is 0 Å². The number of ether oxygens (including phenoxy) is 1. The summed E-state index contributed by atoms with van der Waals surface area (Å²) in [6.07, 6.45) is -1.28. The largest absolute Gasteiger partial charge is 0.368 e. The molecule has 0 aromatic rings. The molecule has 0 N–H and O–H groups in total. The van der Waals surface area contributed by atoms with E-state index in [4.69, 9.17) is 4.74 Å². The third-order valence-corrected chi connectivity index (χ3v) is 2.60. The summed E-state index contributed by atoms with van der Waals surface area (Å²) in [5.74, 6) is 0. The summed E-state index contributed by atoms with van der Waals surface area (Å²) in [6.45, 7) is 0.181. The molecule has 0 aromatic carbocycles. The van der Waals surface area contributed by atoms with Gasteiger partial charge in [-0.1, -0.05) is 0 Å². The van der Waals surface area contributed by atoms with Crippen molar-refractivity contribution < 1.29 is 18.3 Å². The molecule has 4 heteroatoms. The standard InChI is InChI=1S/C7H8F2O2/c8-5(9)7-1-6(2-7,3-10)4-11-7/h3,5H,1-2,4H2. The summed E-state index contributed by atoms with van der Waals surface area (Å²) in [5, 5.41) is 0. The lowest BCUT2D eigenvalue weighted by atomic mass is 9.63. The van der Waals surface area contributed by atoms with Gasteiger partial charge in [-0.15, -0.1) is 0 Å². The number of carbonyl (C=O) groups excluding carboxylic acids is 1. The Morgan fingerprint density at radius 3 is 2.36 bits per heavy atom. The van der Waals surface area contributed by atoms with E-state index in [2.05, 4.69) is 0 Å². The predicted molar refractivity (Wildman–Crippen MR) is 32.4 cm³/mol. The highest BCUT2D eigenvalue weighted by atomic mass is 19.3. The minimum atomic E-state index is -2.45. The maximum atomic E-state index is 12.2. The van der Waals surface area contributed by atoms with Crippen molar-refractivity contribution in [3.05, 3.63) is 0 Å². The Kier molecular flexibility index (Phi) is 1.17. The lowest BCUT2D eigenvalue weighted by molar-refractivity contribution is -0.139. The van der Waals surface area contributed by atoms with Gasteiger partial charge in [0.1, 0.15) is 11.9 Å². The smallest absolute Gasteiger partial charge is 0.267 e. The van der Waals surface area contributed by atoms with Gasteiger partial charge >= 0.3 is 0 Å². The molecule has 2 aliphatic heterocycles. The highest BCUT2D eigenvalue weighted by molar-refractivity contribution is 5.64. The van der Waals surface area contributed by atoms with Gasteiger partial charge in [0.05, 0.1) is 12.0 Å². The van der Waals surface area contributed by atoms with Gasteiger partial charge in [-0.2, -0.15) is 0 Å². The topological polar surface area (TPSA) is 26.3 Å². The zero-order chi connectivity index (χ0) is 8.11. The fraction of sp³-hybridized carbons (Fsp3) is 0.857. The van der Waals surface area contributed by atoms with E-state index in [9.17, 15) is 13.6 Å². The van der Waals surface area contributed by atoms with E-state index in [0.717, 1.165) is 6.29 Å². The highest BCUT2D eigenvalue weighted by Gasteiger charge is 2.67. The van der Waals surface area contributed by atoms with Gasteiger partial charge in [-0.05, 0) is 12.8 Å². The van der Waals surface area contributed by atoms with Gasteiger partial charge in [0.15, 0.2) is 0 Å². The van der Waals surface area contributed by atoms with E-state index in [1.807, 2.05) is 0 Å². The Morgan fingerprint density at radius 1 is 1.45 bits per heavy atom. The molecule has 11 heavy (non-hydrogen) atoms. The molecule has 1 saturated carbocycles. The van der Waals surface area contributed by atoms with Gasteiger partial charge in [0, 0.05) is 0 Å². The van der Waals surface area contributed by atoms with E-state index in [-0.39, 0.29) is 19.4 Å². The van der Waals surface area contributed by atoms with Gasteiger partial charge in [-0.25, -0.2) is 8.78 Å². The van der Waals surface area contributed by atoms with Crippen LogP contribution in [0, 0.1) is 5.41 Å². The highest BCUT2D eigenvalue weighted by Crippen LogP contribution is 2.58. The molecule has 0 atom stereocenters. The Bertz CT molecular complexity index is 197. The van der Waals surface area contributed by atoms with Crippen LogP contribution in [0.4, 0.5) is 8.78 Å². The molecule has 62 valence electrons. The van der Waals surface area contributed by atoms with Crippen molar-refractivity contribution in [2.45, 2.75) is 24.9 Å². The Labute approximate surface area is 62.5 Å². The monoisotopic (exact) mass is 162 g/mol. The van der Waals surface area contributed by atoms with Crippen LogP contribution in [-0.2, 0) is 9.53 Å². The van der Waals surface area contributed by atoms with E-state index in [1.165, 1.54) is 0 Å². The molecule has 2 saturated heterocycles. The van der Waals surface area contributed by atoms with E-state index in [0.29, 0.717) is 0 Å². The number of alkyl halides is 2. The average molecular weight is 162 g/mol. The predicted octanol–water partition coefficient (Wildman–Crippen LogP) is 1.000. The molecule has 0 radical (unpaired) electrons. The van der Waals surface area contributed by atoms with E-state index >= 15 is 0 Å². The molecule has 0 aromatic heterocycles. The summed E-state index contributed by atoms with van der Waals surface area (Å²) < 4.78 is 29.3. The fourth-order valence-electron chi connectivity index (χ4n) is 1.97. The molecule has 3 rings (SSSR count). The maximum absolute atomic E-state index is 12.2. The molecule has 2 bridgehead atoms. The number of carbonyl (C=O) groups is 1. The Morgan fingerprint density at radius 2 is 2.09 bits per heavy atom. The van der Waals surface area contributed by atoms with Gasteiger partial charge in [0.25, 0.3) is 6.43 Å². The second kappa shape index (κ2) is 1.80. The zero-order valence-electron chi connectivity index (χ0n) is 5.85. The first-order valence-corrected chi connectivity index (χ1v) is 3.51. The Balaban J connectivity index is 2.14. The van der Waals surface area contributed by atoms with E-state index < -0.39 is 17.4 Å². The maximum Gasteiger partial charge on any atom is 0.267 e. The molecule has 3 fully saturated rings. The molecular formula is C7H8F2O2. The second-order valence-electron chi connectivity index (χ2n) is 3.49. The van der Waals surface area contributed by atoms with Gasteiger partial charge in [0.2, 0.25) is 0 Å². The molecule has 2 heterocycles. The number of rotatable bonds is 2. The average Bonchev–Trinajstić information content (AvgIpc) is 2.39. The Hall–Kier alpha value is -0.510. The summed E-state index contributed by atoms with van der Waals surface area (Å²) in [5.41, 5.74) is -1.82. The van der Waals surface area contributed by atoms with E-state index in [1.54, 1.807) is 0 Å². The van der Waals surface area contributed by atoms with Crippen molar-refractivity contribution in [2.24, 2.45) is 5.41 Å². The first kappa shape index (κ1) is 7.16. The van der Waals surface area contributed by atoms with Crippen molar-refractivity contribution in [3.8, 4) is 0 Å². The lowest BCUT2D eigenvalue weighted by Gasteiger charge is -2.40. The van der Waals surface area contributed by atoms with Crippen LogP contribution in [0.2, 0.25) is 0 Å². The van der Waals surface area contributed by atoms with Gasteiger partial charge in [-0.3, -0.25) is 0 Å². The summed E-state index contributed by atoms with van der Waals surface area (Å²) in [6, 6.07) is 0. The molecule has 2 nitrogen and oxygen atoms in total. The van der Waals surface area contributed by atoms with Crippen molar-refractivity contribution in [2.75, 3.05) is 6.61 Å². The third kappa shape index (κ3) is 0.704. The van der Waals surface area contributed by atoms with Crippen molar-refractivity contribution in [3.63, 3.8) is 0 Å². The molecule has 0 unspecified atom stereocenters. The van der Waals surface area contributed by atoms with Crippen LogP contribution in [0.3, 0.4) is 0 Å². The van der Waals surface area contributed by atoms with Gasteiger partial charge < -0.3 is 9.53 Å². The van der Waals surface area contributed by atoms with Crippen LogP contribution in [0.25, 0.3) is 0 Å². The number of halogens is 2. The second-order valence-corrected chi connectivity index (χ2v) is 3.49. The van der Waals surface area contributed by atoms with Crippen LogP contribution in [-0.4, -0.2) is 24.9 Å². The quantitative estimate of drug-likeness (QED) is 0.566. The molecular weight excluding hydrogens is 154 g/mol. The minimum absolute atomic E-state index is 0.181. The summed E-state index contributed by atoms with van der Waals surface area (Å²) >= 11 is 0. The number of hydrogen-bond acceptors (Lipinski definition) is 2. The normalized spacial score (nSPS) is 47.5. The van der Waals surface area contributed by atoms with Crippen molar-refractivity contribution >= 4 is 6.29 Å². The zero-order valence-corrected chi connectivity index (χ0v) is 5.85. The number of hydrogen-bond donors (Lipinski definition) is 0. The molecule has 3 aliphatic rings. The number of fused-ring (bicyclic) bond motifs is 1. The summed E-state index contributed by atoms with van der Waals surface area (Å²) in [7, 11) is 0. The SMILES string of the molecule is O=CC12COC(C(F)F)(C1)C2. The summed E-state index contributed by atoms with van der Waals surface area (Å²) in [4.78, 5) is 10.4. The van der Waals surface area contributed by atoms with Crippen LogP contribution >= 0.6 is 0 Å². The lowest BCUT2D eigenvalue weighted by Crippen LogP contribution is -2.49. The molecule has 0 amide bonds. The number of aldehydes is 1. The van der Waals surface area contributed by atoms with Crippen molar-refractivity contribution in [1.82, 2.24) is 0 Å². The first-order valence-electron chi connectivity index (χ1n) is 3.51. The molecule has 0 spiro atoms. The first-order chi connectivity index (χ1) is 5.13. The van der Waals surface area contributed by atoms with Crippen LogP contribution in [0.1, 0.15) is 12.8 Å².